The summed E-state index contributed by atoms with van der Waals surface area (Å²) in [4.78, 5) is 48.9. The molecule has 0 saturated carbocycles. The number of thiol groups is 1. The average molecular weight is 447 g/mol. The zero-order chi connectivity index (χ0) is 23.0. The number of esters is 2. The monoisotopic (exact) mass is 446 g/mol. The minimum absolute atomic E-state index is 0.00855. The van der Waals surface area contributed by atoms with Gasteiger partial charge in [-0.1, -0.05) is 25.3 Å². The third kappa shape index (κ3) is 6.80. The second-order valence-electron chi connectivity index (χ2n) is 7.16. The molecule has 0 aromatic heterocycles. The number of hydrogen-bond donors (Lipinski definition) is 3. The summed E-state index contributed by atoms with van der Waals surface area (Å²) < 4.78 is 10.0. The van der Waals surface area contributed by atoms with Gasteiger partial charge < -0.3 is 20.1 Å². The molecule has 2 rings (SSSR count). The van der Waals surface area contributed by atoms with Crippen molar-refractivity contribution in [1.29, 1.82) is 0 Å². The van der Waals surface area contributed by atoms with Crippen molar-refractivity contribution in [1.82, 2.24) is 5.32 Å². The minimum atomic E-state index is -1.07. The molecule has 1 aromatic rings. The topological polar surface area (TPSA) is 111 Å². The molecule has 3 unspecified atom stereocenters. The SMILES string of the molecule is C=CCOC(=O)c1cc(C)cc(NC(=O)C2CC(C(C(=O)S)C(=O)OCC=C)CN2)c1. The molecular weight excluding hydrogens is 420 g/mol. The van der Waals surface area contributed by atoms with E-state index in [1.54, 1.807) is 19.1 Å². The van der Waals surface area contributed by atoms with Gasteiger partial charge in [0.25, 0.3) is 0 Å². The first-order chi connectivity index (χ1) is 14.8. The van der Waals surface area contributed by atoms with Crippen molar-refractivity contribution in [2.75, 3.05) is 25.1 Å². The lowest BCUT2D eigenvalue weighted by molar-refractivity contribution is -0.151. The van der Waals surface area contributed by atoms with E-state index < -0.39 is 34.9 Å². The van der Waals surface area contributed by atoms with Gasteiger partial charge in [0.1, 0.15) is 19.1 Å². The summed E-state index contributed by atoms with van der Waals surface area (Å²) in [6.45, 7) is 9.12. The molecule has 31 heavy (non-hydrogen) atoms. The summed E-state index contributed by atoms with van der Waals surface area (Å²) in [7, 11) is 0. The third-order valence-electron chi connectivity index (χ3n) is 4.73. The number of carbonyl (C=O) groups is 4. The van der Waals surface area contributed by atoms with Crippen molar-refractivity contribution < 1.29 is 28.7 Å². The molecule has 1 aromatic carbocycles. The number of carbonyl (C=O) groups excluding carboxylic acids is 4. The summed E-state index contributed by atoms with van der Waals surface area (Å²) in [5.74, 6) is -3.05. The molecule has 0 spiro atoms. The quantitative estimate of drug-likeness (QED) is 0.218. The highest BCUT2D eigenvalue weighted by atomic mass is 32.1. The minimum Gasteiger partial charge on any atom is -0.461 e. The van der Waals surface area contributed by atoms with E-state index in [0.717, 1.165) is 5.56 Å². The zero-order valence-corrected chi connectivity index (χ0v) is 18.2. The van der Waals surface area contributed by atoms with Crippen LogP contribution in [0.3, 0.4) is 0 Å². The summed E-state index contributed by atoms with van der Waals surface area (Å²) in [5, 5.41) is 5.18. The molecule has 0 aliphatic carbocycles. The van der Waals surface area contributed by atoms with E-state index in [1.165, 1.54) is 18.2 Å². The van der Waals surface area contributed by atoms with Crippen LogP contribution in [0.2, 0.25) is 0 Å². The van der Waals surface area contributed by atoms with E-state index in [2.05, 4.69) is 36.4 Å². The second kappa shape index (κ2) is 11.5. The van der Waals surface area contributed by atoms with Gasteiger partial charge in [-0.2, -0.15) is 0 Å². The molecule has 1 saturated heterocycles. The highest BCUT2D eigenvalue weighted by Crippen LogP contribution is 2.27. The Hall–Kier alpha value is -2.91. The fourth-order valence-corrected chi connectivity index (χ4v) is 3.68. The summed E-state index contributed by atoms with van der Waals surface area (Å²) >= 11 is 3.81. The molecule has 1 fully saturated rings. The Morgan fingerprint density at radius 2 is 1.87 bits per heavy atom. The van der Waals surface area contributed by atoms with E-state index in [-0.39, 0.29) is 32.1 Å². The number of aryl methyl sites for hydroxylation is 1. The maximum absolute atomic E-state index is 12.7. The fraction of sp³-hybridized carbons (Fsp3) is 0.364. The molecule has 1 aliphatic rings. The largest absolute Gasteiger partial charge is 0.461 e. The molecular formula is C22H26N2O6S. The van der Waals surface area contributed by atoms with E-state index >= 15 is 0 Å². The van der Waals surface area contributed by atoms with Crippen molar-refractivity contribution in [2.24, 2.45) is 11.8 Å². The van der Waals surface area contributed by atoms with E-state index in [1.807, 2.05) is 0 Å². The van der Waals surface area contributed by atoms with E-state index in [9.17, 15) is 19.2 Å². The van der Waals surface area contributed by atoms with Crippen LogP contribution < -0.4 is 10.6 Å². The summed E-state index contributed by atoms with van der Waals surface area (Å²) in [6, 6.07) is 4.28. The smallest absolute Gasteiger partial charge is 0.338 e. The lowest BCUT2D eigenvalue weighted by Crippen LogP contribution is -2.35. The molecule has 8 nitrogen and oxygen atoms in total. The van der Waals surface area contributed by atoms with Gasteiger partial charge >= 0.3 is 11.9 Å². The Bertz CT molecular complexity index is 885. The van der Waals surface area contributed by atoms with Crippen LogP contribution in [-0.4, -0.2) is 48.8 Å². The Balaban J connectivity index is 2.05. The van der Waals surface area contributed by atoms with E-state index in [0.29, 0.717) is 11.3 Å². The predicted molar refractivity (Wildman–Crippen MR) is 119 cm³/mol. The summed E-state index contributed by atoms with van der Waals surface area (Å²) in [6.07, 6.45) is 3.13. The van der Waals surface area contributed by atoms with Gasteiger partial charge in [0.05, 0.1) is 11.6 Å². The second-order valence-corrected chi connectivity index (χ2v) is 7.60. The maximum atomic E-state index is 12.7. The first-order valence-corrected chi connectivity index (χ1v) is 10.2. The van der Waals surface area contributed by atoms with Crippen molar-refractivity contribution in [2.45, 2.75) is 19.4 Å². The van der Waals surface area contributed by atoms with Gasteiger partial charge in [0, 0.05) is 12.2 Å². The number of amides is 1. The van der Waals surface area contributed by atoms with Crippen LogP contribution in [0.4, 0.5) is 5.69 Å². The molecule has 1 amide bonds. The number of anilines is 1. The lowest BCUT2D eigenvalue weighted by Gasteiger charge is -2.18. The Morgan fingerprint density at radius 3 is 2.52 bits per heavy atom. The van der Waals surface area contributed by atoms with Crippen molar-refractivity contribution >= 4 is 41.3 Å². The van der Waals surface area contributed by atoms with Crippen molar-refractivity contribution in [3.05, 3.63) is 54.6 Å². The molecule has 2 N–H and O–H groups in total. The average Bonchev–Trinajstić information content (AvgIpc) is 3.19. The first-order valence-electron chi connectivity index (χ1n) is 9.71. The maximum Gasteiger partial charge on any atom is 0.338 e. The lowest BCUT2D eigenvalue weighted by atomic mass is 9.90. The molecule has 3 atom stereocenters. The number of ether oxygens (including phenoxy) is 2. The van der Waals surface area contributed by atoms with Gasteiger partial charge in [-0.25, -0.2) is 4.79 Å². The van der Waals surface area contributed by atoms with Gasteiger partial charge in [-0.15, -0.1) is 12.6 Å². The van der Waals surface area contributed by atoms with Gasteiger partial charge in [-0.05, 0) is 43.0 Å². The molecule has 1 heterocycles. The molecule has 0 bridgehead atoms. The zero-order valence-electron chi connectivity index (χ0n) is 17.3. The van der Waals surface area contributed by atoms with Crippen molar-refractivity contribution in [3.8, 4) is 0 Å². The highest BCUT2D eigenvalue weighted by Gasteiger charge is 2.41. The van der Waals surface area contributed by atoms with Gasteiger partial charge in [0.2, 0.25) is 5.91 Å². The third-order valence-corrected chi connectivity index (χ3v) is 5.01. The summed E-state index contributed by atoms with van der Waals surface area (Å²) in [5.41, 5.74) is 1.51. The Morgan fingerprint density at radius 1 is 1.19 bits per heavy atom. The van der Waals surface area contributed by atoms with Crippen LogP contribution in [0.1, 0.15) is 22.3 Å². The molecule has 1 aliphatic heterocycles. The Kier molecular flexibility index (Phi) is 9.02. The van der Waals surface area contributed by atoms with E-state index in [4.69, 9.17) is 9.47 Å². The Labute approximate surface area is 186 Å². The highest BCUT2D eigenvalue weighted by molar-refractivity contribution is 7.96. The van der Waals surface area contributed by atoms with Gasteiger partial charge in [-0.3, -0.25) is 14.4 Å². The van der Waals surface area contributed by atoms with Crippen LogP contribution in [0.25, 0.3) is 0 Å². The molecule has 9 heteroatoms. The van der Waals surface area contributed by atoms with Crippen molar-refractivity contribution in [3.63, 3.8) is 0 Å². The van der Waals surface area contributed by atoms with Crippen LogP contribution in [0, 0.1) is 18.8 Å². The number of hydrogen-bond acceptors (Lipinski definition) is 7. The fourth-order valence-electron chi connectivity index (χ4n) is 3.36. The predicted octanol–water partition coefficient (Wildman–Crippen LogP) is 2.06. The number of benzene rings is 1. The first kappa shape index (κ1) is 24.4. The number of nitrogens with one attached hydrogen (secondary N) is 2. The van der Waals surface area contributed by atoms with Crippen LogP contribution in [-0.2, 0) is 23.9 Å². The standard InChI is InChI=1S/C22H26N2O6S/c1-4-6-29-20(26)14-8-13(3)9-16(10-14)24-19(25)17-11-15(12-23-17)18(22(28)31)21(27)30-7-5-2/h4-5,8-10,15,17-18,23H,1-2,6-7,11-12H2,3H3,(H,24,25)(H,28,31). The normalized spacial score (nSPS) is 18.5. The van der Waals surface area contributed by atoms with Gasteiger partial charge in [0.15, 0.2) is 5.12 Å². The molecule has 166 valence electrons. The van der Waals surface area contributed by atoms with Crippen LogP contribution in [0.5, 0.6) is 0 Å². The van der Waals surface area contributed by atoms with Crippen LogP contribution in [0.15, 0.2) is 43.5 Å². The number of rotatable bonds is 10. The molecule has 0 radical (unpaired) electrons. The van der Waals surface area contributed by atoms with Crippen LogP contribution >= 0.6 is 12.6 Å².